The molecular formula is C19H27NO. The molecule has 1 saturated carbocycles. The normalized spacial score (nSPS) is 37.1. The maximum atomic E-state index is 9.90. The largest absolute Gasteiger partial charge is 0.508 e. The summed E-state index contributed by atoms with van der Waals surface area (Å²) in [4.78, 5) is 2.81. The number of rotatable bonds is 2. The van der Waals surface area contributed by atoms with Gasteiger partial charge in [-0.3, -0.25) is 4.90 Å². The quantitative estimate of drug-likeness (QED) is 0.895. The number of piperidine rings is 1. The Kier molecular flexibility index (Phi) is 2.91. The predicted octanol–water partition coefficient (Wildman–Crippen LogP) is 3.71. The Morgan fingerprint density at radius 1 is 1.33 bits per heavy atom. The second-order valence-corrected chi connectivity index (χ2v) is 7.88. The van der Waals surface area contributed by atoms with Gasteiger partial charge in [0, 0.05) is 12.1 Å². The summed E-state index contributed by atoms with van der Waals surface area (Å²) in [5, 5.41) is 9.90. The van der Waals surface area contributed by atoms with Crippen LogP contribution in [-0.4, -0.2) is 28.6 Å². The molecule has 2 aliphatic carbocycles. The highest BCUT2D eigenvalue weighted by Gasteiger charge is 2.50. The molecule has 4 rings (SSSR count). The van der Waals surface area contributed by atoms with Crippen LogP contribution in [0.3, 0.4) is 0 Å². The van der Waals surface area contributed by atoms with Crippen LogP contribution in [0.4, 0.5) is 0 Å². The summed E-state index contributed by atoms with van der Waals surface area (Å²) in [6.45, 7) is 8.52. The smallest absolute Gasteiger partial charge is 0.115 e. The van der Waals surface area contributed by atoms with Crippen molar-refractivity contribution in [2.24, 2.45) is 11.8 Å². The zero-order valence-corrected chi connectivity index (χ0v) is 13.5. The molecule has 2 unspecified atom stereocenters. The SMILES string of the molecule is C[C@@H](C1CC1)N1CCC2(C)c3cc(O)ccc3CC1[C@@H]2C. The van der Waals surface area contributed by atoms with Gasteiger partial charge in [0.1, 0.15) is 5.75 Å². The van der Waals surface area contributed by atoms with Gasteiger partial charge in [0.05, 0.1) is 0 Å². The van der Waals surface area contributed by atoms with Crippen LogP contribution in [0, 0.1) is 11.8 Å². The summed E-state index contributed by atoms with van der Waals surface area (Å²) >= 11 is 0. The molecule has 2 nitrogen and oxygen atoms in total. The molecule has 1 heterocycles. The molecule has 2 fully saturated rings. The summed E-state index contributed by atoms with van der Waals surface area (Å²) in [5.74, 6) is 2.04. The Morgan fingerprint density at radius 2 is 2.10 bits per heavy atom. The second kappa shape index (κ2) is 4.49. The Labute approximate surface area is 128 Å². The monoisotopic (exact) mass is 285 g/mol. The molecule has 1 N–H and O–H groups in total. The lowest BCUT2D eigenvalue weighted by atomic mass is 9.58. The summed E-state index contributed by atoms with van der Waals surface area (Å²) < 4.78 is 0. The third-order valence-electron chi connectivity index (χ3n) is 6.86. The van der Waals surface area contributed by atoms with Gasteiger partial charge in [-0.1, -0.05) is 19.9 Å². The average Bonchev–Trinajstić information content (AvgIpc) is 3.28. The number of phenolic OH excluding ortho intramolecular Hbond substituents is 1. The lowest BCUT2D eigenvalue weighted by Gasteiger charge is -2.56. The van der Waals surface area contributed by atoms with Gasteiger partial charge in [0.25, 0.3) is 0 Å². The zero-order chi connectivity index (χ0) is 14.8. The van der Waals surface area contributed by atoms with Crippen molar-refractivity contribution < 1.29 is 5.11 Å². The first-order valence-corrected chi connectivity index (χ1v) is 8.59. The van der Waals surface area contributed by atoms with Crippen LogP contribution in [-0.2, 0) is 11.8 Å². The van der Waals surface area contributed by atoms with Crippen molar-refractivity contribution in [1.29, 1.82) is 0 Å². The molecule has 4 atom stereocenters. The van der Waals surface area contributed by atoms with Gasteiger partial charge in [0.15, 0.2) is 0 Å². The Hall–Kier alpha value is -1.02. The molecule has 1 aromatic rings. The minimum atomic E-state index is 0.233. The molecule has 1 saturated heterocycles. The fraction of sp³-hybridized carbons (Fsp3) is 0.684. The molecule has 0 radical (unpaired) electrons. The van der Waals surface area contributed by atoms with Gasteiger partial charge in [-0.25, -0.2) is 0 Å². The summed E-state index contributed by atoms with van der Waals surface area (Å²) in [5.41, 5.74) is 3.10. The summed E-state index contributed by atoms with van der Waals surface area (Å²) in [6.07, 6.45) is 5.24. The van der Waals surface area contributed by atoms with E-state index >= 15 is 0 Å². The highest BCUT2D eigenvalue weighted by atomic mass is 16.3. The van der Waals surface area contributed by atoms with Crippen LogP contribution in [0.2, 0.25) is 0 Å². The van der Waals surface area contributed by atoms with Crippen molar-refractivity contribution in [3.63, 3.8) is 0 Å². The van der Waals surface area contributed by atoms with E-state index in [9.17, 15) is 5.11 Å². The second-order valence-electron chi connectivity index (χ2n) is 7.88. The van der Waals surface area contributed by atoms with Gasteiger partial charge in [-0.05, 0) is 79.7 Å². The number of aromatic hydroxyl groups is 1. The van der Waals surface area contributed by atoms with E-state index in [0.29, 0.717) is 17.7 Å². The van der Waals surface area contributed by atoms with E-state index in [0.717, 1.165) is 18.4 Å². The predicted molar refractivity (Wildman–Crippen MR) is 85.6 cm³/mol. The van der Waals surface area contributed by atoms with E-state index in [-0.39, 0.29) is 5.41 Å². The van der Waals surface area contributed by atoms with Gasteiger partial charge >= 0.3 is 0 Å². The molecule has 3 aliphatic rings. The number of phenols is 1. The number of fused-ring (bicyclic) bond motifs is 4. The summed E-state index contributed by atoms with van der Waals surface area (Å²) in [7, 11) is 0. The van der Waals surface area contributed by atoms with Crippen molar-refractivity contribution >= 4 is 0 Å². The highest BCUT2D eigenvalue weighted by Crippen LogP contribution is 2.51. The van der Waals surface area contributed by atoms with Gasteiger partial charge in [-0.15, -0.1) is 0 Å². The van der Waals surface area contributed by atoms with E-state index in [1.54, 1.807) is 0 Å². The Morgan fingerprint density at radius 3 is 2.81 bits per heavy atom. The van der Waals surface area contributed by atoms with Crippen molar-refractivity contribution in [1.82, 2.24) is 4.90 Å². The Balaban J connectivity index is 1.73. The van der Waals surface area contributed by atoms with Crippen LogP contribution in [0.1, 0.15) is 51.2 Å². The molecule has 0 spiro atoms. The first kappa shape index (κ1) is 13.6. The lowest BCUT2D eigenvalue weighted by Crippen LogP contribution is -2.60. The molecule has 1 aliphatic heterocycles. The highest BCUT2D eigenvalue weighted by molar-refractivity contribution is 5.44. The zero-order valence-electron chi connectivity index (χ0n) is 13.5. The van der Waals surface area contributed by atoms with E-state index in [1.165, 1.54) is 36.9 Å². The minimum Gasteiger partial charge on any atom is -0.508 e. The summed E-state index contributed by atoms with van der Waals surface area (Å²) in [6, 6.07) is 7.48. The first-order chi connectivity index (χ1) is 10.0. The van der Waals surface area contributed by atoms with Crippen LogP contribution in [0.15, 0.2) is 18.2 Å². The van der Waals surface area contributed by atoms with Gasteiger partial charge in [-0.2, -0.15) is 0 Å². The van der Waals surface area contributed by atoms with Crippen LogP contribution in [0.25, 0.3) is 0 Å². The maximum absolute atomic E-state index is 9.90. The minimum absolute atomic E-state index is 0.233. The van der Waals surface area contributed by atoms with Crippen LogP contribution in [0.5, 0.6) is 5.75 Å². The van der Waals surface area contributed by atoms with Crippen LogP contribution < -0.4 is 0 Å². The molecule has 0 aromatic heterocycles. The fourth-order valence-electron chi connectivity index (χ4n) is 5.00. The molecule has 2 bridgehead atoms. The van der Waals surface area contributed by atoms with Crippen molar-refractivity contribution in [2.45, 2.75) is 64.0 Å². The van der Waals surface area contributed by atoms with E-state index in [4.69, 9.17) is 0 Å². The van der Waals surface area contributed by atoms with Gasteiger partial charge in [0.2, 0.25) is 0 Å². The number of hydrogen-bond donors (Lipinski definition) is 1. The molecule has 2 heteroatoms. The molecule has 114 valence electrons. The third kappa shape index (κ3) is 1.95. The van der Waals surface area contributed by atoms with Crippen molar-refractivity contribution in [3.05, 3.63) is 29.3 Å². The van der Waals surface area contributed by atoms with Gasteiger partial charge < -0.3 is 5.11 Å². The maximum Gasteiger partial charge on any atom is 0.115 e. The standard InChI is InChI=1S/C19H27NO/c1-12-18-10-15-6-7-16(21)11-17(15)19(12,3)8-9-20(18)13(2)14-4-5-14/h6-7,11-14,18,21H,4-5,8-10H2,1-3H3/t12-,13-,18?,19?/m0/s1. The van der Waals surface area contributed by atoms with Crippen molar-refractivity contribution in [2.75, 3.05) is 6.54 Å². The molecule has 1 aromatic carbocycles. The number of hydrogen-bond acceptors (Lipinski definition) is 2. The average molecular weight is 285 g/mol. The molecular weight excluding hydrogens is 258 g/mol. The number of benzene rings is 1. The molecule has 0 amide bonds. The van der Waals surface area contributed by atoms with E-state index in [1.807, 2.05) is 12.1 Å². The first-order valence-electron chi connectivity index (χ1n) is 8.59. The third-order valence-corrected chi connectivity index (χ3v) is 6.86. The van der Waals surface area contributed by atoms with Crippen molar-refractivity contribution in [3.8, 4) is 5.75 Å². The van der Waals surface area contributed by atoms with E-state index < -0.39 is 0 Å². The van der Waals surface area contributed by atoms with E-state index in [2.05, 4.69) is 31.7 Å². The van der Waals surface area contributed by atoms with Crippen LogP contribution >= 0.6 is 0 Å². The molecule has 21 heavy (non-hydrogen) atoms. The lowest BCUT2D eigenvalue weighted by molar-refractivity contribution is 0.000427. The Bertz CT molecular complexity index is 565. The topological polar surface area (TPSA) is 23.5 Å². The number of nitrogens with zero attached hydrogens (tertiary/aromatic N) is 1. The fourth-order valence-corrected chi connectivity index (χ4v) is 5.00. The number of likely N-dealkylation sites (tertiary alicyclic amines) is 1.